The van der Waals surface area contributed by atoms with Gasteiger partial charge in [-0.3, -0.25) is 9.69 Å². The Labute approximate surface area is 156 Å². The molecular formula is C17H27Cl2N3O2. The summed E-state index contributed by atoms with van der Waals surface area (Å²) < 4.78 is 0. The number of piperazine rings is 1. The summed E-state index contributed by atoms with van der Waals surface area (Å²) in [6, 6.07) is 7.42. The van der Waals surface area contributed by atoms with Crippen LogP contribution >= 0.6 is 24.8 Å². The van der Waals surface area contributed by atoms with Gasteiger partial charge in [-0.25, -0.2) is 0 Å². The number of piperidine rings is 1. The van der Waals surface area contributed by atoms with E-state index < -0.39 is 0 Å². The van der Waals surface area contributed by atoms with Crippen LogP contribution in [0.1, 0.15) is 18.4 Å². The second kappa shape index (κ2) is 10.1. The van der Waals surface area contributed by atoms with Gasteiger partial charge in [0.15, 0.2) is 0 Å². The van der Waals surface area contributed by atoms with E-state index in [4.69, 9.17) is 0 Å². The Morgan fingerprint density at radius 3 is 2.42 bits per heavy atom. The molecule has 2 heterocycles. The fourth-order valence-corrected chi connectivity index (χ4v) is 3.37. The molecule has 0 spiro atoms. The summed E-state index contributed by atoms with van der Waals surface area (Å²) in [5, 5.41) is 12.8. The number of benzene rings is 1. The fraction of sp³-hybridized carbons (Fsp3) is 0.588. The van der Waals surface area contributed by atoms with Crippen molar-refractivity contribution >= 4 is 30.7 Å². The van der Waals surface area contributed by atoms with Gasteiger partial charge in [0.25, 0.3) is 0 Å². The third kappa shape index (κ3) is 5.52. The first-order valence-corrected chi connectivity index (χ1v) is 8.22. The molecule has 2 aliphatic rings. The fourth-order valence-electron chi connectivity index (χ4n) is 3.37. The van der Waals surface area contributed by atoms with E-state index in [1.54, 1.807) is 6.07 Å². The van der Waals surface area contributed by atoms with Crippen LogP contribution in [0.5, 0.6) is 5.75 Å². The minimum Gasteiger partial charge on any atom is -0.508 e. The number of hydrogen-bond donors (Lipinski definition) is 2. The number of rotatable bonds is 3. The van der Waals surface area contributed by atoms with Crippen molar-refractivity contribution in [2.75, 3.05) is 39.3 Å². The molecule has 0 aliphatic carbocycles. The lowest BCUT2D eigenvalue weighted by Gasteiger charge is -2.37. The highest BCUT2D eigenvalue weighted by Gasteiger charge is 2.28. The van der Waals surface area contributed by atoms with Gasteiger partial charge in [0.2, 0.25) is 5.91 Å². The first kappa shape index (κ1) is 21.0. The molecule has 0 aromatic heterocycles. The summed E-state index contributed by atoms with van der Waals surface area (Å²) in [5.41, 5.74) is 1.12. The van der Waals surface area contributed by atoms with Gasteiger partial charge in [0, 0.05) is 38.6 Å². The maximum atomic E-state index is 12.5. The summed E-state index contributed by atoms with van der Waals surface area (Å²) in [7, 11) is 0. The van der Waals surface area contributed by atoms with Crippen LogP contribution in [0.15, 0.2) is 24.3 Å². The van der Waals surface area contributed by atoms with E-state index in [1.165, 1.54) is 0 Å². The molecule has 0 saturated carbocycles. The molecule has 2 aliphatic heterocycles. The zero-order chi connectivity index (χ0) is 15.4. The van der Waals surface area contributed by atoms with Crippen molar-refractivity contribution in [1.29, 1.82) is 0 Å². The molecule has 0 bridgehead atoms. The number of phenols is 1. The predicted octanol–water partition coefficient (Wildman–Crippen LogP) is 1.88. The number of hydrogen-bond acceptors (Lipinski definition) is 4. The molecule has 0 atom stereocenters. The van der Waals surface area contributed by atoms with Crippen LogP contribution in [-0.4, -0.2) is 60.1 Å². The SMILES string of the molecule is Cl.Cl.O=C(C1CCNCC1)N1CCN(Cc2cccc(O)c2)CC1. The van der Waals surface area contributed by atoms with Crippen molar-refractivity contribution in [3.05, 3.63) is 29.8 Å². The molecular weight excluding hydrogens is 349 g/mol. The summed E-state index contributed by atoms with van der Waals surface area (Å²) in [4.78, 5) is 16.9. The lowest BCUT2D eigenvalue weighted by Crippen LogP contribution is -2.51. The van der Waals surface area contributed by atoms with Crippen molar-refractivity contribution in [2.24, 2.45) is 5.92 Å². The summed E-state index contributed by atoms with van der Waals surface area (Å²) in [5.74, 6) is 0.884. The molecule has 7 heteroatoms. The third-order valence-corrected chi connectivity index (χ3v) is 4.69. The average Bonchev–Trinajstić information content (AvgIpc) is 2.56. The molecule has 3 rings (SSSR count). The van der Waals surface area contributed by atoms with Crippen LogP contribution in [-0.2, 0) is 11.3 Å². The summed E-state index contributed by atoms with van der Waals surface area (Å²) in [6.45, 7) is 6.23. The molecule has 1 amide bonds. The Hall–Kier alpha value is -1.01. The second-order valence-electron chi connectivity index (χ2n) is 6.30. The van der Waals surface area contributed by atoms with Crippen molar-refractivity contribution in [2.45, 2.75) is 19.4 Å². The molecule has 5 nitrogen and oxygen atoms in total. The molecule has 24 heavy (non-hydrogen) atoms. The van der Waals surface area contributed by atoms with E-state index in [1.807, 2.05) is 23.1 Å². The zero-order valence-corrected chi connectivity index (χ0v) is 15.5. The number of nitrogens with zero attached hydrogens (tertiary/aromatic N) is 2. The standard InChI is InChI=1S/C17H25N3O2.2ClH/c21-16-3-1-2-14(12-16)13-19-8-10-20(11-9-19)17(22)15-4-6-18-7-5-15;;/h1-3,12,15,18,21H,4-11,13H2;2*1H. The Kier molecular flexibility index (Phi) is 8.84. The number of carbonyl (C=O) groups is 1. The highest BCUT2D eigenvalue weighted by atomic mass is 35.5. The summed E-state index contributed by atoms with van der Waals surface area (Å²) >= 11 is 0. The van der Waals surface area contributed by atoms with E-state index in [0.717, 1.165) is 64.2 Å². The normalized spacial score (nSPS) is 19.2. The lowest BCUT2D eigenvalue weighted by atomic mass is 9.96. The highest BCUT2D eigenvalue weighted by Crippen LogP contribution is 2.18. The average molecular weight is 376 g/mol. The number of aromatic hydroxyl groups is 1. The molecule has 2 fully saturated rings. The second-order valence-corrected chi connectivity index (χ2v) is 6.30. The lowest BCUT2D eigenvalue weighted by molar-refractivity contribution is -0.138. The highest BCUT2D eigenvalue weighted by molar-refractivity contribution is 5.85. The number of nitrogens with one attached hydrogen (secondary N) is 1. The van der Waals surface area contributed by atoms with Crippen LogP contribution in [0.25, 0.3) is 0 Å². The van der Waals surface area contributed by atoms with Crippen molar-refractivity contribution < 1.29 is 9.90 Å². The van der Waals surface area contributed by atoms with Gasteiger partial charge in [0.05, 0.1) is 0 Å². The van der Waals surface area contributed by atoms with Crippen molar-refractivity contribution in [1.82, 2.24) is 15.1 Å². The maximum absolute atomic E-state index is 12.5. The van der Waals surface area contributed by atoms with Crippen LogP contribution in [0.2, 0.25) is 0 Å². The van der Waals surface area contributed by atoms with Gasteiger partial charge in [-0.1, -0.05) is 12.1 Å². The Balaban J connectivity index is 0.00000144. The Morgan fingerprint density at radius 1 is 1.12 bits per heavy atom. The number of phenolic OH excluding ortho intramolecular Hbond substituents is 1. The van der Waals surface area contributed by atoms with Gasteiger partial charge >= 0.3 is 0 Å². The Bertz CT molecular complexity index is 516. The Morgan fingerprint density at radius 2 is 1.79 bits per heavy atom. The molecule has 1 aromatic rings. The molecule has 2 saturated heterocycles. The van der Waals surface area contributed by atoms with Gasteiger partial charge < -0.3 is 15.3 Å². The van der Waals surface area contributed by atoms with Crippen LogP contribution in [0.4, 0.5) is 0 Å². The van der Waals surface area contributed by atoms with Crippen LogP contribution in [0, 0.1) is 5.92 Å². The first-order valence-electron chi connectivity index (χ1n) is 8.22. The van der Waals surface area contributed by atoms with E-state index in [2.05, 4.69) is 10.2 Å². The molecule has 1 aromatic carbocycles. The van der Waals surface area contributed by atoms with Gasteiger partial charge in [-0.05, 0) is 43.6 Å². The maximum Gasteiger partial charge on any atom is 0.225 e. The van der Waals surface area contributed by atoms with Crippen LogP contribution in [0.3, 0.4) is 0 Å². The van der Waals surface area contributed by atoms with E-state index >= 15 is 0 Å². The van der Waals surface area contributed by atoms with E-state index in [9.17, 15) is 9.90 Å². The minimum atomic E-state index is 0. The number of amides is 1. The van der Waals surface area contributed by atoms with Gasteiger partial charge in [-0.15, -0.1) is 24.8 Å². The molecule has 0 unspecified atom stereocenters. The molecule has 2 N–H and O–H groups in total. The van der Waals surface area contributed by atoms with Gasteiger partial charge in [-0.2, -0.15) is 0 Å². The number of halogens is 2. The van der Waals surface area contributed by atoms with Crippen molar-refractivity contribution in [3.63, 3.8) is 0 Å². The smallest absolute Gasteiger partial charge is 0.225 e. The zero-order valence-electron chi connectivity index (χ0n) is 13.8. The van der Waals surface area contributed by atoms with Crippen LogP contribution < -0.4 is 5.32 Å². The van der Waals surface area contributed by atoms with E-state index in [-0.39, 0.29) is 30.7 Å². The molecule has 136 valence electrons. The summed E-state index contributed by atoms with van der Waals surface area (Å²) in [6.07, 6.45) is 1.95. The third-order valence-electron chi connectivity index (χ3n) is 4.69. The topological polar surface area (TPSA) is 55.8 Å². The largest absolute Gasteiger partial charge is 0.508 e. The first-order chi connectivity index (χ1) is 10.7. The van der Waals surface area contributed by atoms with Crippen molar-refractivity contribution in [3.8, 4) is 5.75 Å². The minimum absolute atomic E-state index is 0. The van der Waals surface area contributed by atoms with Gasteiger partial charge in [0.1, 0.15) is 5.75 Å². The number of carbonyl (C=O) groups excluding carboxylic acids is 1. The van der Waals surface area contributed by atoms with E-state index in [0.29, 0.717) is 11.7 Å². The monoisotopic (exact) mass is 375 g/mol. The molecule has 0 radical (unpaired) electrons. The predicted molar refractivity (Wildman–Crippen MR) is 100 cm³/mol. The quantitative estimate of drug-likeness (QED) is 0.846.